The van der Waals surface area contributed by atoms with E-state index in [1.165, 1.54) is 11.1 Å². The SMILES string of the molecule is Cc1cccc(-n2c(C)cc(/C=N/NC(=O)C(C)SCc3ccccc3)c2C)c1. The molecule has 0 spiro atoms. The van der Waals surface area contributed by atoms with Gasteiger partial charge in [-0.15, -0.1) is 11.8 Å². The molecular weight excluding hydrogens is 378 g/mol. The summed E-state index contributed by atoms with van der Waals surface area (Å²) in [5.74, 6) is 0.714. The lowest BCUT2D eigenvalue weighted by molar-refractivity contribution is -0.120. The monoisotopic (exact) mass is 405 g/mol. The molecule has 0 fully saturated rings. The van der Waals surface area contributed by atoms with E-state index < -0.39 is 0 Å². The summed E-state index contributed by atoms with van der Waals surface area (Å²) < 4.78 is 2.20. The minimum Gasteiger partial charge on any atom is -0.318 e. The summed E-state index contributed by atoms with van der Waals surface area (Å²) in [6.45, 7) is 8.14. The average molecular weight is 406 g/mol. The van der Waals surface area contributed by atoms with Gasteiger partial charge < -0.3 is 4.57 Å². The highest BCUT2D eigenvalue weighted by atomic mass is 32.2. The van der Waals surface area contributed by atoms with Crippen LogP contribution in [0.25, 0.3) is 5.69 Å². The molecule has 1 atom stereocenters. The fraction of sp³-hybridized carbons (Fsp3) is 0.250. The van der Waals surface area contributed by atoms with Crippen molar-refractivity contribution in [2.75, 3.05) is 0 Å². The van der Waals surface area contributed by atoms with Crippen LogP contribution in [0.2, 0.25) is 0 Å². The van der Waals surface area contributed by atoms with Gasteiger partial charge in [0.15, 0.2) is 0 Å². The van der Waals surface area contributed by atoms with Gasteiger partial charge in [-0.1, -0.05) is 42.5 Å². The molecule has 0 radical (unpaired) electrons. The Labute approximate surface area is 177 Å². The lowest BCUT2D eigenvalue weighted by Gasteiger charge is -2.10. The number of hydrazone groups is 1. The van der Waals surface area contributed by atoms with Crippen molar-refractivity contribution < 1.29 is 4.79 Å². The smallest absolute Gasteiger partial charge is 0.252 e. The summed E-state index contributed by atoms with van der Waals surface area (Å²) in [6.07, 6.45) is 1.72. The van der Waals surface area contributed by atoms with Crippen LogP contribution < -0.4 is 5.43 Å². The van der Waals surface area contributed by atoms with E-state index in [9.17, 15) is 4.79 Å². The first kappa shape index (κ1) is 20.9. The normalized spacial score (nSPS) is 12.3. The number of amides is 1. The number of nitrogens with one attached hydrogen (secondary N) is 1. The Kier molecular flexibility index (Phi) is 6.94. The van der Waals surface area contributed by atoms with Gasteiger partial charge in [0.05, 0.1) is 11.5 Å². The molecule has 0 bridgehead atoms. The predicted octanol–water partition coefficient (Wildman–Crippen LogP) is 5.17. The molecule has 0 saturated heterocycles. The molecule has 0 aliphatic carbocycles. The van der Waals surface area contributed by atoms with Gasteiger partial charge in [0.1, 0.15) is 0 Å². The highest BCUT2D eigenvalue weighted by molar-refractivity contribution is 7.99. The first-order valence-corrected chi connectivity index (χ1v) is 10.7. The van der Waals surface area contributed by atoms with Gasteiger partial charge >= 0.3 is 0 Å². The van der Waals surface area contributed by atoms with Crippen LogP contribution >= 0.6 is 11.8 Å². The number of rotatable bonds is 7. The highest BCUT2D eigenvalue weighted by Crippen LogP contribution is 2.21. The van der Waals surface area contributed by atoms with Gasteiger partial charge in [0.2, 0.25) is 0 Å². The molecule has 150 valence electrons. The van der Waals surface area contributed by atoms with E-state index in [1.807, 2.05) is 25.1 Å². The first-order valence-electron chi connectivity index (χ1n) is 9.70. The van der Waals surface area contributed by atoms with Gasteiger partial charge in [-0.05, 0) is 57.0 Å². The number of hydrogen-bond donors (Lipinski definition) is 1. The van der Waals surface area contributed by atoms with Crippen molar-refractivity contribution in [3.05, 3.63) is 88.7 Å². The highest BCUT2D eigenvalue weighted by Gasteiger charge is 2.13. The molecule has 2 aromatic carbocycles. The van der Waals surface area contributed by atoms with E-state index in [4.69, 9.17) is 0 Å². The second kappa shape index (κ2) is 9.61. The van der Waals surface area contributed by atoms with Crippen molar-refractivity contribution in [1.29, 1.82) is 0 Å². The summed E-state index contributed by atoms with van der Waals surface area (Å²) in [6, 6.07) is 20.7. The minimum atomic E-state index is -0.174. The molecule has 1 N–H and O–H groups in total. The number of aryl methyl sites for hydroxylation is 2. The molecule has 0 aliphatic rings. The number of carbonyl (C=O) groups excluding carboxylic acids is 1. The molecule has 1 amide bonds. The van der Waals surface area contributed by atoms with Gasteiger partial charge in [-0.25, -0.2) is 5.43 Å². The van der Waals surface area contributed by atoms with Gasteiger partial charge in [-0.3, -0.25) is 4.79 Å². The zero-order valence-corrected chi connectivity index (χ0v) is 18.2. The molecule has 1 heterocycles. The van der Waals surface area contributed by atoms with Crippen LogP contribution in [0.3, 0.4) is 0 Å². The van der Waals surface area contributed by atoms with Crippen molar-refractivity contribution in [2.24, 2.45) is 5.10 Å². The molecule has 0 saturated carbocycles. The van der Waals surface area contributed by atoms with Crippen molar-refractivity contribution in [3.8, 4) is 5.69 Å². The zero-order valence-electron chi connectivity index (χ0n) is 17.3. The largest absolute Gasteiger partial charge is 0.318 e. The fourth-order valence-electron chi connectivity index (χ4n) is 3.21. The third-order valence-electron chi connectivity index (χ3n) is 4.82. The number of nitrogens with zero attached hydrogens (tertiary/aromatic N) is 2. The Hall–Kier alpha value is -2.79. The first-order chi connectivity index (χ1) is 14.0. The Balaban J connectivity index is 1.61. The van der Waals surface area contributed by atoms with Crippen LogP contribution in [0, 0.1) is 20.8 Å². The molecule has 0 aliphatic heterocycles. The van der Waals surface area contributed by atoms with E-state index in [0.29, 0.717) is 0 Å². The second-order valence-corrected chi connectivity index (χ2v) is 8.50. The van der Waals surface area contributed by atoms with Crippen molar-refractivity contribution >= 4 is 23.9 Å². The van der Waals surface area contributed by atoms with Crippen molar-refractivity contribution in [3.63, 3.8) is 0 Å². The van der Waals surface area contributed by atoms with Crippen LogP contribution in [0.5, 0.6) is 0 Å². The number of thioether (sulfide) groups is 1. The molecule has 5 heteroatoms. The third kappa shape index (κ3) is 5.39. The quantitative estimate of drug-likeness (QED) is 0.435. The van der Waals surface area contributed by atoms with Gasteiger partial charge in [-0.2, -0.15) is 5.10 Å². The molecule has 1 aromatic heterocycles. The number of hydrogen-bond acceptors (Lipinski definition) is 3. The van der Waals surface area contributed by atoms with E-state index in [0.717, 1.165) is 28.4 Å². The average Bonchev–Trinajstić information content (AvgIpc) is 3.00. The van der Waals surface area contributed by atoms with Crippen molar-refractivity contribution in [2.45, 2.75) is 38.7 Å². The van der Waals surface area contributed by atoms with Gasteiger partial charge in [0, 0.05) is 28.4 Å². The fourth-order valence-corrected chi connectivity index (χ4v) is 4.05. The summed E-state index contributed by atoms with van der Waals surface area (Å²) in [7, 11) is 0. The molecule has 29 heavy (non-hydrogen) atoms. The lowest BCUT2D eigenvalue weighted by atomic mass is 10.2. The standard InChI is InChI=1S/C24H27N3OS/c1-17-9-8-12-23(13-17)27-18(2)14-22(19(27)3)15-25-26-24(28)20(4)29-16-21-10-6-5-7-11-21/h5-15,20H,16H2,1-4H3,(H,26,28)/b25-15+. The summed E-state index contributed by atoms with van der Waals surface area (Å²) in [5.41, 5.74) is 9.46. The summed E-state index contributed by atoms with van der Waals surface area (Å²) in [4.78, 5) is 12.3. The summed E-state index contributed by atoms with van der Waals surface area (Å²) >= 11 is 1.60. The Bertz CT molecular complexity index is 1010. The topological polar surface area (TPSA) is 46.4 Å². The van der Waals surface area contributed by atoms with Crippen LogP contribution in [0.15, 0.2) is 65.8 Å². The zero-order chi connectivity index (χ0) is 20.8. The number of benzene rings is 2. The van der Waals surface area contributed by atoms with Crippen LogP contribution in [-0.2, 0) is 10.5 Å². The predicted molar refractivity (Wildman–Crippen MR) is 123 cm³/mol. The van der Waals surface area contributed by atoms with Crippen molar-refractivity contribution in [1.82, 2.24) is 9.99 Å². The maximum atomic E-state index is 12.3. The summed E-state index contributed by atoms with van der Waals surface area (Å²) in [5, 5.41) is 4.02. The van der Waals surface area contributed by atoms with Crippen LogP contribution in [0.4, 0.5) is 0 Å². The molecule has 4 nitrogen and oxygen atoms in total. The van der Waals surface area contributed by atoms with E-state index >= 15 is 0 Å². The number of carbonyl (C=O) groups is 1. The van der Waals surface area contributed by atoms with E-state index in [1.54, 1.807) is 18.0 Å². The van der Waals surface area contributed by atoms with Crippen LogP contribution in [-0.4, -0.2) is 21.9 Å². The number of aromatic nitrogens is 1. The third-order valence-corrected chi connectivity index (χ3v) is 6.03. The maximum Gasteiger partial charge on any atom is 0.252 e. The molecule has 3 rings (SSSR count). The molecule has 3 aromatic rings. The maximum absolute atomic E-state index is 12.3. The Morgan fingerprint density at radius 3 is 2.59 bits per heavy atom. The van der Waals surface area contributed by atoms with E-state index in [-0.39, 0.29) is 11.2 Å². The van der Waals surface area contributed by atoms with Gasteiger partial charge in [0.25, 0.3) is 5.91 Å². The molecule has 1 unspecified atom stereocenters. The molecular formula is C24H27N3OS. The minimum absolute atomic E-state index is 0.0883. The Morgan fingerprint density at radius 1 is 1.10 bits per heavy atom. The second-order valence-electron chi connectivity index (χ2n) is 7.17. The van der Waals surface area contributed by atoms with E-state index in [2.05, 4.69) is 78.3 Å². The Morgan fingerprint density at radius 2 is 1.86 bits per heavy atom. The van der Waals surface area contributed by atoms with Crippen LogP contribution in [0.1, 0.15) is 35.0 Å². The lowest BCUT2D eigenvalue weighted by Crippen LogP contribution is -2.27.